The van der Waals surface area contributed by atoms with Gasteiger partial charge in [-0.15, -0.1) is 0 Å². The molecule has 2 aliphatic heterocycles. The van der Waals surface area contributed by atoms with Crippen molar-refractivity contribution < 1.29 is 27.2 Å². The minimum absolute atomic E-state index is 0.00983. The Kier molecular flexibility index (Phi) is 5.53. The number of rotatable bonds is 3. The smallest absolute Gasteiger partial charge is 0.381 e. The summed E-state index contributed by atoms with van der Waals surface area (Å²) in [6, 6.07) is 3.50. The number of hydrogen-bond acceptors (Lipinski definition) is 6. The number of piperidine rings is 1. The van der Waals surface area contributed by atoms with Crippen LogP contribution < -0.4 is 0 Å². The van der Waals surface area contributed by atoms with E-state index >= 15 is 0 Å². The molecule has 2 aliphatic rings. The van der Waals surface area contributed by atoms with Gasteiger partial charge in [0, 0.05) is 44.3 Å². The second-order valence-corrected chi connectivity index (χ2v) is 7.41. The van der Waals surface area contributed by atoms with Crippen molar-refractivity contribution in [3.8, 4) is 11.5 Å². The van der Waals surface area contributed by atoms with Crippen LogP contribution in [-0.4, -0.2) is 52.2 Å². The molecule has 4 rings (SSSR count). The highest BCUT2D eigenvalue weighted by molar-refractivity contribution is 5.79. The lowest BCUT2D eigenvalue weighted by Crippen LogP contribution is -2.43. The Hall–Kier alpha value is -2.49. The lowest BCUT2D eigenvalue weighted by atomic mass is 9.89. The molecule has 0 spiro atoms. The quantitative estimate of drug-likeness (QED) is 0.773. The molecule has 0 radical (unpaired) electrons. The van der Waals surface area contributed by atoms with Gasteiger partial charge >= 0.3 is 12.1 Å². The molecule has 2 saturated heterocycles. The minimum atomic E-state index is -4.70. The summed E-state index contributed by atoms with van der Waals surface area (Å²) in [5.41, 5.74) is 1.12. The summed E-state index contributed by atoms with van der Waals surface area (Å²) < 4.78 is 47.7. The number of amides is 1. The van der Waals surface area contributed by atoms with Gasteiger partial charge in [0.1, 0.15) is 5.69 Å². The van der Waals surface area contributed by atoms with E-state index in [4.69, 9.17) is 4.74 Å². The first-order valence-electron chi connectivity index (χ1n) is 9.65. The number of alkyl halides is 3. The maximum atomic E-state index is 12.8. The molecule has 2 aromatic rings. The van der Waals surface area contributed by atoms with Gasteiger partial charge < -0.3 is 14.2 Å². The van der Waals surface area contributed by atoms with E-state index in [1.807, 2.05) is 11.0 Å². The fourth-order valence-corrected chi connectivity index (χ4v) is 3.92. The van der Waals surface area contributed by atoms with Gasteiger partial charge in [-0.05, 0) is 43.4 Å². The number of carbonyl (C=O) groups is 1. The van der Waals surface area contributed by atoms with E-state index < -0.39 is 12.1 Å². The predicted molar refractivity (Wildman–Crippen MR) is 94.6 cm³/mol. The van der Waals surface area contributed by atoms with Crippen LogP contribution in [-0.2, 0) is 15.7 Å². The van der Waals surface area contributed by atoms with E-state index in [0.29, 0.717) is 19.8 Å². The molecule has 4 heterocycles. The molecule has 0 bridgehead atoms. The van der Waals surface area contributed by atoms with Crippen molar-refractivity contribution in [2.45, 2.75) is 37.8 Å². The van der Waals surface area contributed by atoms with Gasteiger partial charge in [0.2, 0.25) is 11.7 Å². The maximum absolute atomic E-state index is 12.8. The summed E-state index contributed by atoms with van der Waals surface area (Å²) in [4.78, 5) is 22.2. The average Bonchev–Trinajstić information content (AvgIpc) is 3.25. The summed E-state index contributed by atoms with van der Waals surface area (Å²) >= 11 is 0. The highest BCUT2D eigenvalue weighted by Gasteiger charge is 2.38. The first-order chi connectivity index (χ1) is 13.9. The summed E-state index contributed by atoms with van der Waals surface area (Å²) in [5, 5.41) is 3.40. The Bertz CT molecular complexity index is 864. The van der Waals surface area contributed by atoms with Crippen molar-refractivity contribution in [3.63, 3.8) is 0 Å². The number of likely N-dealkylation sites (tertiary alicyclic amines) is 1. The van der Waals surface area contributed by atoms with E-state index in [-0.39, 0.29) is 29.3 Å². The molecule has 0 N–H and O–H groups in total. The zero-order valence-electron chi connectivity index (χ0n) is 15.7. The largest absolute Gasteiger partial charge is 0.471 e. The van der Waals surface area contributed by atoms with Crippen LogP contribution in [0.4, 0.5) is 13.2 Å². The molecule has 156 valence electrons. The Labute approximate surface area is 165 Å². The Balaban J connectivity index is 1.49. The topological polar surface area (TPSA) is 81.4 Å². The molecule has 0 aliphatic carbocycles. The van der Waals surface area contributed by atoms with Crippen LogP contribution >= 0.6 is 0 Å². The number of ether oxygens (including phenoxy) is 1. The van der Waals surface area contributed by atoms with Gasteiger partial charge in [-0.1, -0.05) is 5.16 Å². The molecule has 29 heavy (non-hydrogen) atoms. The predicted octanol–water partition coefficient (Wildman–Crippen LogP) is 3.28. The number of aromatic nitrogens is 3. The number of carbonyl (C=O) groups excluding carboxylic acids is 1. The molecule has 10 heteroatoms. The summed E-state index contributed by atoms with van der Waals surface area (Å²) in [6.07, 6.45) is 0.0844. The van der Waals surface area contributed by atoms with Crippen molar-refractivity contribution in [2.24, 2.45) is 5.92 Å². The van der Waals surface area contributed by atoms with Gasteiger partial charge in [-0.3, -0.25) is 9.78 Å². The molecule has 2 fully saturated rings. The van der Waals surface area contributed by atoms with E-state index in [2.05, 4.69) is 19.6 Å². The lowest BCUT2D eigenvalue weighted by Gasteiger charge is -2.36. The molecule has 0 aromatic carbocycles. The average molecular weight is 410 g/mol. The van der Waals surface area contributed by atoms with Crippen molar-refractivity contribution in [1.29, 1.82) is 0 Å². The fourth-order valence-electron chi connectivity index (χ4n) is 3.92. The molecule has 1 unspecified atom stereocenters. The van der Waals surface area contributed by atoms with Gasteiger partial charge in [0.05, 0.1) is 0 Å². The highest BCUT2D eigenvalue weighted by Crippen LogP contribution is 2.32. The molecule has 1 atom stereocenters. The van der Waals surface area contributed by atoms with Crippen molar-refractivity contribution in [2.75, 3.05) is 26.3 Å². The van der Waals surface area contributed by atoms with Crippen LogP contribution in [0.5, 0.6) is 0 Å². The third kappa shape index (κ3) is 4.42. The molecule has 7 nitrogen and oxygen atoms in total. The van der Waals surface area contributed by atoms with E-state index in [1.54, 1.807) is 6.07 Å². The molecule has 2 aromatic heterocycles. The number of hydrogen-bond donors (Lipinski definition) is 0. The van der Waals surface area contributed by atoms with E-state index in [9.17, 15) is 18.0 Å². The van der Waals surface area contributed by atoms with Crippen LogP contribution in [0.15, 0.2) is 22.9 Å². The summed E-state index contributed by atoms with van der Waals surface area (Å²) in [5.74, 6) is -1.34. The van der Waals surface area contributed by atoms with Crippen molar-refractivity contribution in [3.05, 3.63) is 29.8 Å². The standard InChI is InChI=1S/C19H21F3N4O3/c20-19(21,22)18-24-16(25-29-18)15-10-13(3-6-23-15)14-2-1-7-26(11-14)17(27)12-4-8-28-9-5-12/h3,6,10,12,14H,1-2,4-5,7-9,11H2. The normalized spacial score (nSPS) is 21.3. The Morgan fingerprint density at radius 2 is 2.00 bits per heavy atom. The second-order valence-electron chi connectivity index (χ2n) is 7.41. The Morgan fingerprint density at radius 3 is 2.72 bits per heavy atom. The molecule has 1 amide bonds. The van der Waals surface area contributed by atoms with Crippen LogP contribution in [0, 0.1) is 5.92 Å². The third-order valence-corrected chi connectivity index (χ3v) is 5.46. The molecular formula is C19H21F3N4O3. The number of nitrogens with zero attached hydrogens (tertiary/aromatic N) is 4. The van der Waals surface area contributed by atoms with E-state index in [0.717, 1.165) is 37.8 Å². The fraction of sp³-hybridized carbons (Fsp3) is 0.579. The van der Waals surface area contributed by atoms with Crippen molar-refractivity contribution >= 4 is 5.91 Å². The van der Waals surface area contributed by atoms with Crippen molar-refractivity contribution in [1.82, 2.24) is 20.0 Å². The van der Waals surface area contributed by atoms with Gasteiger partial charge in [-0.25, -0.2) is 0 Å². The molecular weight excluding hydrogens is 389 g/mol. The SMILES string of the molecule is O=C(C1CCOCC1)N1CCCC(c2ccnc(-c3noc(C(F)(F)F)n3)c2)C1. The van der Waals surface area contributed by atoms with Crippen LogP contribution in [0.25, 0.3) is 11.5 Å². The van der Waals surface area contributed by atoms with Gasteiger partial charge in [-0.2, -0.15) is 18.2 Å². The third-order valence-electron chi connectivity index (χ3n) is 5.46. The van der Waals surface area contributed by atoms with E-state index in [1.165, 1.54) is 6.20 Å². The second kappa shape index (κ2) is 8.10. The zero-order valence-corrected chi connectivity index (χ0v) is 15.7. The minimum Gasteiger partial charge on any atom is -0.381 e. The summed E-state index contributed by atoms with van der Waals surface area (Å²) in [7, 11) is 0. The highest BCUT2D eigenvalue weighted by atomic mass is 19.4. The van der Waals surface area contributed by atoms with Crippen LogP contribution in [0.2, 0.25) is 0 Å². The number of pyridine rings is 1. The zero-order chi connectivity index (χ0) is 20.4. The lowest BCUT2D eigenvalue weighted by molar-refractivity contribution is -0.159. The van der Waals surface area contributed by atoms with Gasteiger partial charge in [0.25, 0.3) is 0 Å². The Morgan fingerprint density at radius 1 is 1.21 bits per heavy atom. The monoisotopic (exact) mass is 410 g/mol. The van der Waals surface area contributed by atoms with Crippen LogP contribution in [0.3, 0.4) is 0 Å². The number of halogens is 3. The summed E-state index contributed by atoms with van der Waals surface area (Å²) in [6.45, 7) is 2.54. The van der Waals surface area contributed by atoms with Gasteiger partial charge in [0.15, 0.2) is 0 Å². The first kappa shape index (κ1) is 19.8. The van der Waals surface area contributed by atoms with Crippen LogP contribution in [0.1, 0.15) is 43.1 Å². The maximum Gasteiger partial charge on any atom is 0.471 e. The first-order valence-corrected chi connectivity index (χ1v) is 9.65. The molecule has 0 saturated carbocycles.